The summed E-state index contributed by atoms with van der Waals surface area (Å²) in [6.07, 6.45) is 3.77. The molecule has 0 atom stereocenters. The van der Waals surface area contributed by atoms with E-state index in [4.69, 9.17) is 18.7 Å². The molecule has 0 unspecified atom stereocenters. The van der Waals surface area contributed by atoms with E-state index in [1.807, 2.05) is 12.1 Å². The van der Waals surface area contributed by atoms with Crippen molar-refractivity contribution in [2.24, 2.45) is 0 Å². The molecule has 2 aromatic heterocycles. The Kier molecular flexibility index (Phi) is 2.30. The molecule has 88 valence electrons. The summed E-state index contributed by atoms with van der Waals surface area (Å²) in [6.45, 7) is 0.0718. The van der Waals surface area contributed by atoms with Gasteiger partial charge in [0.1, 0.15) is 5.58 Å². The van der Waals surface area contributed by atoms with Gasteiger partial charge in [0.15, 0.2) is 11.3 Å². The molecule has 0 aliphatic heterocycles. The van der Waals surface area contributed by atoms with Gasteiger partial charge in [-0.25, -0.2) is 0 Å². The average Bonchev–Trinajstić information content (AvgIpc) is 2.96. The third-order valence-electron chi connectivity index (χ3n) is 2.95. The molecule has 0 aliphatic carbocycles. The maximum Gasteiger partial charge on any atom is 0.176 e. The average molecular weight is 232 g/mol. The summed E-state index contributed by atoms with van der Waals surface area (Å²) in [5, 5.41) is 10.9. The van der Waals surface area contributed by atoms with Crippen LogP contribution in [0.5, 0.6) is 5.75 Å². The molecule has 0 aliphatic rings. The van der Waals surface area contributed by atoms with E-state index >= 15 is 0 Å². The van der Waals surface area contributed by atoms with E-state index in [0.717, 1.165) is 21.9 Å². The Morgan fingerprint density at radius 2 is 1.82 bits per heavy atom. The zero-order chi connectivity index (χ0) is 11.8. The predicted octanol–water partition coefficient (Wildman–Crippen LogP) is 2.72. The standard InChI is InChI=1S/C13H12O4/c1-15-12-10-4-7-16-11(10)8(2-5-14)9-3-6-17-13(9)12/h3-4,6-7,14H,2,5H2,1H3. The fourth-order valence-corrected chi connectivity index (χ4v) is 2.25. The highest BCUT2D eigenvalue weighted by Crippen LogP contribution is 2.39. The molecule has 4 heteroatoms. The van der Waals surface area contributed by atoms with Crippen molar-refractivity contribution in [3.05, 3.63) is 30.2 Å². The van der Waals surface area contributed by atoms with Crippen LogP contribution in [0, 0.1) is 0 Å². The van der Waals surface area contributed by atoms with Crippen molar-refractivity contribution < 1.29 is 18.7 Å². The Morgan fingerprint density at radius 3 is 2.53 bits per heavy atom. The van der Waals surface area contributed by atoms with Gasteiger partial charge in [-0.15, -0.1) is 0 Å². The number of hydrogen-bond acceptors (Lipinski definition) is 4. The monoisotopic (exact) mass is 232 g/mol. The highest BCUT2D eigenvalue weighted by Gasteiger charge is 2.18. The normalized spacial score (nSPS) is 11.4. The van der Waals surface area contributed by atoms with E-state index in [1.165, 1.54) is 0 Å². The van der Waals surface area contributed by atoms with E-state index in [0.29, 0.717) is 17.8 Å². The topological polar surface area (TPSA) is 55.7 Å². The van der Waals surface area contributed by atoms with Crippen LogP contribution in [-0.2, 0) is 6.42 Å². The third kappa shape index (κ3) is 1.34. The highest BCUT2D eigenvalue weighted by atomic mass is 16.5. The van der Waals surface area contributed by atoms with Crippen LogP contribution in [-0.4, -0.2) is 18.8 Å². The van der Waals surface area contributed by atoms with Gasteiger partial charge in [-0.05, 0) is 18.6 Å². The maximum absolute atomic E-state index is 9.14. The number of furan rings is 2. The van der Waals surface area contributed by atoms with E-state index in [-0.39, 0.29) is 6.61 Å². The fourth-order valence-electron chi connectivity index (χ4n) is 2.25. The van der Waals surface area contributed by atoms with Gasteiger partial charge >= 0.3 is 0 Å². The van der Waals surface area contributed by atoms with Crippen LogP contribution in [0.4, 0.5) is 0 Å². The van der Waals surface area contributed by atoms with Crippen LogP contribution in [0.3, 0.4) is 0 Å². The number of methoxy groups -OCH3 is 1. The molecule has 4 nitrogen and oxygen atoms in total. The van der Waals surface area contributed by atoms with Gasteiger partial charge < -0.3 is 18.7 Å². The molecule has 0 amide bonds. The molecule has 3 aromatic rings. The lowest BCUT2D eigenvalue weighted by Gasteiger charge is -2.07. The molecule has 2 heterocycles. The zero-order valence-electron chi connectivity index (χ0n) is 9.40. The predicted molar refractivity (Wildman–Crippen MR) is 63.3 cm³/mol. The van der Waals surface area contributed by atoms with Crippen LogP contribution in [0.1, 0.15) is 5.56 Å². The molecule has 17 heavy (non-hydrogen) atoms. The molecule has 0 spiro atoms. The first kappa shape index (κ1) is 10.2. The van der Waals surface area contributed by atoms with Crippen molar-refractivity contribution in [2.45, 2.75) is 6.42 Å². The highest BCUT2D eigenvalue weighted by molar-refractivity contribution is 6.04. The lowest BCUT2D eigenvalue weighted by molar-refractivity contribution is 0.300. The number of ether oxygens (including phenoxy) is 1. The zero-order valence-corrected chi connectivity index (χ0v) is 9.40. The van der Waals surface area contributed by atoms with E-state index < -0.39 is 0 Å². The Labute approximate surface area is 97.4 Å². The smallest absolute Gasteiger partial charge is 0.176 e. The van der Waals surface area contributed by atoms with Gasteiger partial charge in [-0.3, -0.25) is 0 Å². The summed E-state index contributed by atoms with van der Waals surface area (Å²) in [5.74, 6) is 0.676. The van der Waals surface area contributed by atoms with Crippen LogP contribution in [0.25, 0.3) is 21.9 Å². The van der Waals surface area contributed by atoms with Gasteiger partial charge in [-0.1, -0.05) is 0 Å². The van der Waals surface area contributed by atoms with E-state index in [9.17, 15) is 0 Å². The number of aliphatic hydroxyl groups is 1. The largest absolute Gasteiger partial charge is 0.492 e. The second kappa shape index (κ2) is 3.82. The lowest BCUT2D eigenvalue weighted by atomic mass is 10.0. The van der Waals surface area contributed by atoms with Crippen LogP contribution < -0.4 is 4.74 Å². The molecular weight excluding hydrogens is 220 g/mol. The Balaban J connectivity index is 2.48. The number of rotatable bonds is 3. The summed E-state index contributed by atoms with van der Waals surface area (Å²) in [6, 6.07) is 3.71. The minimum Gasteiger partial charge on any atom is -0.492 e. The molecule has 3 rings (SSSR count). The van der Waals surface area contributed by atoms with Crippen molar-refractivity contribution in [1.82, 2.24) is 0 Å². The molecule has 1 N–H and O–H groups in total. The summed E-state index contributed by atoms with van der Waals surface area (Å²) in [5.41, 5.74) is 2.41. The van der Waals surface area contributed by atoms with Gasteiger partial charge in [0.05, 0.1) is 25.0 Å². The SMILES string of the molecule is COc1c2ccoc2c(CCO)c2ccoc12. The molecule has 1 aromatic carbocycles. The lowest BCUT2D eigenvalue weighted by Crippen LogP contribution is -1.94. The van der Waals surface area contributed by atoms with Crippen molar-refractivity contribution in [3.8, 4) is 5.75 Å². The van der Waals surface area contributed by atoms with Gasteiger partial charge in [0.2, 0.25) is 0 Å². The quantitative estimate of drug-likeness (QED) is 0.754. The summed E-state index contributed by atoms with van der Waals surface area (Å²) in [7, 11) is 1.61. The maximum atomic E-state index is 9.14. The van der Waals surface area contributed by atoms with Crippen molar-refractivity contribution in [2.75, 3.05) is 13.7 Å². The minimum atomic E-state index is 0.0718. The molecule has 0 bridgehead atoms. The molecule has 0 fully saturated rings. The summed E-state index contributed by atoms with van der Waals surface area (Å²) < 4.78 is 16.3. The number of hydrogen-bond donors (Lipinski definition) is 1. The number of benzene rings is 1. The first-order valence-corrected chi connectivity index (χ1v) is 5.41. The Hall–Kier alpha value is -1.94. The second-order valence-corrected chi connectivity index (χ2v) is 3.81. The summed E-state index contributed by atoms with van der Waals surface area (Å²) in [4.78, 5) is 0. The van der Waals surface area contributed by atoms with E-state index in [1.54, 1.807) is 19.6 Å². The fraction of sp³-hybridized carbons (Fsp3) is 0.231. The van der Waals surface area contributed by atoms with Crippen LogP contribution in [0.15, 0.2) is 33.5 Å². The molecule has 0 radical (unpaired) electrons. The number of fused-ring (bicyclic) bond motifs is 2. The van der Waals surface area contributed by atoms with Crippen LogP contribution in [0.2, 0.25) is 0 Å². The van der Waals surface area contributed by atoms with Crippen molar-refractivity contribution >= 4 is 21.9 Å². The second-order valence-electron chi connectivity index (χ2n) is 3.81. The molecule has 0 saturated carbocycles. The molecular formula is C13H12O4. The Bertz CT molecular complexity index is 611. The third-order valence-corrected chi connectivity index (χ3v) is 2.95. The minimum absolute atomic E-state index is 0.0718. The first-order valence-electron chi connectivity index (χ1n) is 5.41. The van der Waals surface area contributed by atoms with Crippen LogP contribution >= 0.6 is 0 Å². The first-order chi connectivity index (χ1) is 8.36. The molecule has 0 saturated heterocycles. The summed E-state index contributed by atoms with van der Waals surface area (Å²) >= 11 is 0. The Morgan fingerprint density at radius 1 is 1.12 bits per heavy atom. The van der Waals surface area contributed by atoms with Gasteiger partial charge in [0, 0.05) is 17.6 Å². The van der Waals surface area contributed by atoms with Gasteiger partial charge in [0.25, 0.3) is 0 Å². The number of aliphatic hydroxyl groups excluding tert-OH is 1. The van der Waals surface area contributed by atoms with E-state index in [2.05, 4.69) is 0 Å². The van der Waals surface area contributed by atoms with Gasteiger partial charge in [-0.2, -0.15) is 0 Å². The van der Waals surface area contributed by atoms with Crippen molar-refractivity contribution in [3.63, 3.8) is 0 Å². The van der Waals surface area contributed by atoms with Crippen molar-refractivity contribution in [1.29, 1.82) is 0 Å².